The summed E-state index contributed by atoms with van der Waals surface area (Å²) in [5.41, 5.74) is 3.05. The highest BCUT2D eigenvalue weighted by Crippen LogP contribution is 2.32. The van der Waals surface area contributed by atoms with Gasteiger partial charge in [-0.3, -0.25) is 9.69 Å². The normalized spacial score (nSPS) is 11.8. The molecule has 0 bridgehead atoms. The van der Waals surface area contributed by atoms with Crippen LogP contribution in [0.3, 0.4) is 0 Å². The third-order valence-corrected chi connectivity index (χ3v) is 7.99. The Kier molecular flexibility index (Phi) is 7.53. The van der Waals surface area contributed by atoms with E-state index in [0.29, 0.717) is 23.8 Å². The van der Waals surface area contributed by atoms with Gasteiger partial charge in [0.2, 0.25) is 5.91 Å². The highest BCUT2D eigenvalue weighted by atomic mass is 32.2. The summed E-state index contributed by atoms with van der Waals surface area (Å²) in [5, 5.41) is 0.530. The number of nitrogens with zero attached hydrogens (tertiary/aromatic N) is 3. The number of carbonyl (C=O) groups is 1. The van der Waals surface area contributed by atoms with Gasteiger partial charge in [0.15, 0.2) is 15.0 Å². The standard InChI is InChI=1S/C23H29N3O4S2/c1-16-7-12-20-22(17(16)2)24-23(31-20)26(14-6-13-25(3)4)21(27)15-32(28,29)19-10-8-18(30-5)9-11-19/h7-12H,6,13-15H2,1-5H3. The van der Waals surface area contributed by atoms with Gasteiger partial charge in [-0.15, -0.1) is 0 Å². The van der Waals surface area contributed by atoms with E-state index in [4.69, 9.17) is 9.72 Å². The Bertz CT molecular complexity index is 1200. The van der Waals surface area contributed by atoms with Crippen LogP contribution in [0.4, 0.5) is 5.13 Å². The average Bonchev–Trinajstić information content (AvgIpc) is 3.18. The fourth-order valence-corrected chi connectivity index (χ4v) is 5.58. The van der Waals surface area contributed by atoms with Crippen LogP contribution in [0.1, 0.15) is 17.5 Å². The first-order chi connectivity index (χ1) is 15.1. The van der Waals surface area contributed by atoms with Gasteiger partial charge in [-0.1, -0.05) is 17.4 Å². The molecule has 1 heterocycles. The summed E-state index contributed by atoms with van der Waals surface area (Å²) in [6.07, 6.45) is 0.704. The average molecular weight is 476 g/mol. The molecule has 0 aliphatic rings. The lowest BCUT2D eigenvalue weighted by Crippen LogP contribution is -2.37. The molecule has 0 fully saturated rings. The second kappa shape index (κ2) is 9.97. The number of fused-ring (bicyclic) bond motifs is 1. The zero-order chi connectivity index (χ0) is 23.5. The van der Waals surface area contributed by atoms with E-state index in [9.17, 15) is 13.2 Å². The third-order valence-electron chi connectivity index (χ3n) is 5.32. The second-order valence-electron chi connectivity index (χ2n) is 7.99. The van der Waals surface area contributed by atoms with Crippen molar-refractivity contribution in [3.63, 3.8) is 0 Å². The molecule has 1 aromatic heterocycles. The summed E-state index contributed by atoms with van der Waals surface area (Å²) in [6.45, 7) is 5.20. The largest absolute Gasteiger partial charge is 0.497 e. The van der Waals surface area contributed by atoms with Crippen LogP contribution in [-0.4, -0.2) is 64.3 Å². The maximum absolute atomic E-state index is 13.2. The summed E-state index contributed by atoms with van der Waals surface area (Å²) < 4.78 is 31.9. The third kappa shape index (κ3) is 5.46. The van der Waals surface area contributed by atoms with E-state index in [2.05, 4.69) is 0 Å². The van der Waals surface area contributed by atoms with Crippen molar-refractivity contribution in [3.8, 4) is 5.75 Å². The number of benzene rings is 2. The molecule has 0 unspecified atom stereocenters. The number of methoxy groups -OCH3 is 1. The lowest BCUT2D eigenvalue weighted by atomic mass is 10.1. The van der Waals surface area contributed by atoms with E-state index in [0.717, 1.165) is 27.9 Å². The van der Waals surface area contributed by atoms with Crippen molar-refractivity contribution in [2.24, 2.45) is 0 Å². The Hall–Kier alpha value is -2.49. The Morgan fingerprint density at radius 3 is 2.38 bits per heavy atom. The number of ether oxygens (including phenoxy) is 1. The van der Waals surface area contributed by atoms with Crippen LogP contribution in [0.5, 0.6) is 5.75 Å². The molecule has 7 nitrogen and oxygen atoms in total. The molecule has 0 aliphatic carbocycles. The van der Waals surface area contributed by atoms with Crippen LogP contribution in [0.15, 0.2) is 41.3 Å². The van der Waals surface area contributed by atoms with Crippen molar-refractivity contribution in [1.29, 1.82) is 0 Å². The van der Waals surface area contributed by atoms with E-state index >= 15 is 0 Å². The van der Waals surface area contributed by atoms with E-state index in [1.165, 1.54) is 35.5 Å². The molecule has 2 aromatic carbocycles. The summed E-state index contributed by atoms with van der Waals surface area (Å²) in [5.74, 6) is -0.538. The number of rotatable bonds is 9. The molecule has 0 aliphatic heterocycles. The maximum atomic E-state index is 13.2. The lowest BCUT2D eigenvalue weighted by molar-refractivity contribution is -0.116. The first-order valence-electron chi connectivity index (χ1n) is 10.3. The number of aryl methyl sites for hydroxylation is 2. The molecule has 0 saturated carbocycles. The van der Waals surface area contributed by atoms with Crippen molar-refractivity contribution >= 4 is 42.4 Å². The van der Waals surface area contributed by atoms with Crippen molar-refractivity contribution in [2.45, 2.75) is 25.2 Å². The van der Waals surface area contributed by atoms with Crippen LogP contribution in [0.2, 0.25) is 0 Å². The Morgan fingerprint density at radius 2 is 1.75 bits per heavy atom. The molecule has 3 rings (SSSR count). The zero-order valence-corrected chi connectivity index (χ0v) is 20.7. The van der Waals surface area contributed by atoms with Crippen molar-refractivity contribution in [1.82, 2.24) is 9.88 Å². The van der Waals surface area contributed by atoms with Gasteiger partial charge in [-0.05, 0) is 82.4 Å². The fraction of sp³-hybridized carbons (Fsp3) is 0.391. The molecule has 0 atom stereocenters. The van der Waals surface area contributed by atoms with Crippen molar-refractivity contribution in [2.75, 3.05) is 44.9 Å². The molecule has 172 valence electrons. The molecule has 0 spiro atoms. The molecule has 0 radical (unpaired) electrons. The molecule has 1 amide bonds. The number of amides is 1. The maximum Gasteiger partial charge on any atom is 0.244 e. The summed E-state index contributed by atoms with van der Waals surface area (Å²) in [6, 6.07) is 10.1. The predicted octanol–water partition coefficient (Wildman–Crippen LogP) is 3.68. The number of anilines is 1. The Morgan fingerprint density at radius 1 is 1.06 bits per heavy atom. The minimum atomic E-state index is -3.80. The molecule has 0 saturated heterocycles. The van der Waals surface area contributed by atoms with Gasteiger partial charge in [0.05, 0.1) is 22.2 Å². The first kappa shape index (κ1) is 24.2. The predicted molar refractivity (Wildman–Crippen MR) is 130 cm³/mol. The monoisotopic (exact) mass is 475 g/mol. The SMILES string of the molecule is COc1ccc(S(=O)(=O)CC(=O)N(CCCN(C)C)c2nc3c(C)c(C)ccc3s2)cc1. The van der Waals surface area contributed by atoms with Gasteiger partial charge in [-0.2, -0.15) is 0 Å². The summed E-state index contributed by atoms with van der Waals surface area (Å²) in [4.78, 5) is 21.6. The van der Waals surface area contributed by atoms with Gasteiger partial charge in [0.25, 0.3) is 0 Å². The van der Waals surface area contributed by atoms with Crippen molar-refractivity contribution in [3.05, 3.63) is 47.5 Å². The molecule has 9 heteroatoms. The number of aromatic nitrogens is 1. The first-order valence-corrected chi connectivity index (χ1v) is 12.8. The van der Waals surface area contributed by atoms with E-state index in [1.807, 2.05) is 45.0 Å². The number of carbonyl (C=O) groups excluding carboxylic acids is 1. The summed E-state index contributed by atoms with van der Waals surface area (Å²) in [7, 11) is 1.63. The molecular formula is C23H29N3O4S2. The van der Waals surface area contributed by atoms with Gasteiger partial charge in [-0.25, -0.2) is 13.4 Å². The van der Waals surface area contributed by atoms with Gasteiger partial charge < -0.3 is 9.64 Å². The van der Waals surface area contributed by atoms with Crippen LogP contribution >= 0.6 is 11.3 Å². The minimum absolute atomic E-state index is 0.0932. The Balaban J connectivity index is 1.90. The number of sulfone groups is 1. The van der Waals surface area contributed by atoms with Crippen molar-refractivity contribution < 1.29 is 17.9 Å². The highest BCUT2D eigenvalue weighted by molar-refractivity contribution is 7.92. The van der Waals surface area contributed by atoms with Gasteiger partial charge >= 0.3 is 0 Å². The van der Waals surface area contributed by atoms with Crippen LogP contribution in [0.25, 0.3) is 10.2 Å². The zero-order valence-electron chi connectivity index (χ0n) is 19.1. The highest BCUT2D eigenvalue weighted by Gasteiger charge is 2.27. The Labute approximate surface area is 193 Å². The van der Waals surface area contributed by atoms with E-state index in [-0.39, 0.29) is 4.90 Å². The minimum Gasteiger partial charge on any atom is -0.497 e. The molecule has 32 heavy (non-hydrogen) atoms. The molecule has 3 aromatic rings. The van der Waals surface area contributed by atoms with E-state index < -0.39 is 21.5 Å². The van der Waals surface area contributed by atoms with Crippen LogP contribution < -0.4 is 9.64 Å². The summed E-state index contributed by atoms with van der Waals surface area (Å²) >= 11 is 1.41. The number of hydrogen-bond acceptors (Lipinski definition) is 7. The fourth-order valence-electron chi connectivity index (χ4n) is 3.31. The number of thiazole rings is 1. The van der Waals surface area contributed by atoms with Crippen LogP contribution in [-0.2, 0) is 14.6 Å². The number of hydrogen-bond donors (Lipinski definition) is 0. The van der Waals surface area contributed by atoms with Gasteiger partial charge in [0, 0.05) is 6.54 Å². The quantitative estimate of drug-likeness (QED) is 0.470. The van der Waals surface area contributed by atoms with E-state index in [1.54, 1.807) is 12.1 Å². The second-order valence-corrected chi connectivity index (χ2v) is 11.0. The lowest BCUT2D eigenvalue weighted by Gasteiger charge is -2.21. The molecule has 0 N–H and O–H groups in total. The topological polar surface area (TPSA) is 79.8 Å². The smallest absolute Gasteiger partial charge is 0.244 e. The molecular weight excluding hydrogens is 446 g/mol. The van der Waals surface area contributed by atoms with Crippen LogP contribution in [0, 0.1) is 13.8 Å². The van der Waals surface area contributed by atoms with Gasteiger partial charge in [0.1, 0.15) is 11.5 Å².